The van der Waals surface area contributed by atoms with E-state index in [1.807, 2.05) is 18.2 Å². The molecule has 3 nitrogen and oxygen atoms in total. The van der Waals surface area contributed by atoms with Crippen LogP contribution in [-0.2, 0) is 0 Å². The van der Waals surface area contributed by atoms with Crippen LogP contribution < -0.4 is 9.47 Å². The summed E-state index contributed by atoms with van der Waals surface area (Å²) in [6, 6.07) is 5.79. The second kappa shape index (κ2) is 4.91. The van der Waals surface area contributed by atoms with Gasteiger partial charge in [-0.05, 0) is 68.6 Å². The van der Waals surface area contributed by atoms with Gasteiger partial charge in [-0.25, -0.2) is 0 Å². The van der Waals surface area contributed by atoms with Crippen LogP contribution in [0.5, 0.6) is 11.5 Å². The fraction of sp³-hybridized carbons (Fsp3) is 0.667. The Kier molecular flexibility index (Phi) is 3.14. The number of aliphatic hydroxyl groups excluding tert-OH is 1. The minimum atomic E-state index is -0.429. The van der Waals surface area contributed by atoms with Gasteiger partial charge in [-0.3, -0.25) is 0 Å². The van der Waals surface area contributed by atoms with Crippen LogP contribution >= 0.6 is 0 Å². The van der Waals surface area contributed by atoms with Crippen molar-refractivity contribution in [3.05, 3.63) is 23.8 Å². The van der Waals surface area contributed by atoms with Crippen molar-refractivity contribution in [3.63, 3.8) is 0 Å². The van der Waals surface area contributed by atoms with E-state index in [1.165, 1.54) is 25.7 Å². The van der Waals surface area contributed by atoms with Crippen LogP contribution in [0.1, 0.15) is 56.6 Å². The number of hydrogen-bond donors (Lipinski definition) is 1. The molecule has 0 aromatic heterocycles. The molecule has 0 bridgehead atoms. The largest absolute Gasteiger partial charge is 0.497 e. The Balaban J connectivity index is 1.61. The molecule has 4 rings (SSSR count). The van der Waals surface area contributed by atoms with Gasteiger partial charge in [0.15, 0.2) is 0 Å². The standard InChI is InChI=1S/C18H24O3/c1-20-14-6-7-17-15(9-14)16(19)11-18(21-17)8-2-3-13(10-18)12-4-5-12/h6-7,9,12-13,16,19H,2-5,8,10-11H2,1H3/t13?,16-,18?/m1/s1. The van der Waals surface area contributed by atoms with Crippen molar-refractivity contribution in [3.8, 4) is 11.5 Å². The summed E-state index contributed by atoms with van der Waals surface area (Å²) in [5.41, 5.74) is 0.750. The topological polar surface area (TPSA) is 38.7 Å². The maximum Gasteiger partial charge on any atom is 0.126 e. The number of methoxy groups -OCH3 is 1. The van der Waals surface area contributed by atoms with Gasteiger partial charge in [0.1, 0.15) is 17.1 Å². The zero-order chi connectivity index (χ0) is 14.4. The van der Waals surface area contributed by atoms with Crippen molar-refractivity contribution < 1.29 is 14.6 Å². The number of benzene rings is 1. The summed E-state index contributed by atoms with van der Waals surface area (Å²) >= 11 is 0. The summed E-state index contributed by atoms with van der Waals surface area (Å²) in [5, 5.41) is 10.6. The molecule has 114 valence electrons. The summed E-state index contributed by atoms with van der Waals surface area (Å²) < 4.78 is 11.7. The first kappa shape index (κ1) is 13.4. The summed E-state index contributed by atoms with van der Waals surface area (Å²) in [5.74, 6) is 3.38. The minimum Gasteiger partial charge on any atom is -0.497 e. The van der Waals surface area contributed by atoms with Crippen molar-refractivity contribution >= 4 is 0 Å². The Morgan fingerprint density at radius 3 is 2.81 bits per heavy atom. The van der Waals surface area contributed by atoms with E-state index in [2.05, 4.69) is 0 Å². The predicted octanol–water partition coefficient (Wildman–Crippen LogP) is 3.85. The Labute approximate surface area is 126 Å². The fourth-order valence-corrected chi connectivity index (χ4v) is 4.36. The minimum absolute atomic E-state index is 0.132. The predicted molar refractivity (Wildman–Crippen MR) is 80.6 cm³/mol. The van der Waals surface area contributed by atoms with E-state index in [4.69, 9.17) is 9.47 Å². The molecule has 0 radical (unpaired) electrons. The number of hydrogen-bond acceptors (Lipinski definition) is 3. The van der Waals surface area contributed by atoms with Gasteiger partial charge >= 0.3 is 0 Å². The van der Waals surface area contributed by atoms with Crippen LogP contribution in [0.15, 0.2) is 18.2 Å². The lowest BCUT2D eigenvalue weighted by Gasteiger charge is -2.45. The molecule has 2 fully saturated rings. The molecule has 1 spiro atoms. The first-order valence-electron chi connectivity index (χ1n) is 8.24. The number of fused-ring (bicyclic) bond motifs is 1. The van der Waals surface area contributed by atoms with Gasteiger partial charge in [0.2, 0.25) is 0 Å². The molecular formula is C18H24O3. The van der Waals surface area contributed by atoms with E-state index in [1.54, 1.807) is 7.11 Å². The van der Waals surface area contributed by atoms with Crippen molar-refractivity contribution in [2.24, 2.45) is 11.8 Å². The van der Waals surface area contributed by atoms with Gasteiger partial charge in [0, 0.05) is 12.0 Å². The molecule has 1 aromatic rings. The highest BCUT2D eigenvalue weighted by atomic mass is 16.5. The second-order valence-electron chi connectivity index (χ2n) is 7.10. The summed E-state index contributed by atoms with van der Waals surface area (Å²) in [6.07, 6.45) is 7.89. The van der Waals surface area contributed by atoms with Crippen LogP contribution in [0, 0.1) is 11.8 Å². The molecule has 2 saturated carbocycles. The highest BCUT2D eigenvalue weighted by Crippen LogP contribution is 2.52. The maximum atomic E-state index is 10.6. The molecule has 1 aliphatic heterocycles. The Morgan fingerprint density at radius 2 is 2.05 bits per heavy atom. The molecule has 21 heavy (non-hydrogen) atoms. The third-order valence-electron chi connectivity index (χ3n) is 5.60. The average molecular weight is 288 g/mol. The normalized spacial score (nSPS) is 35.1. The molecule has 3 aliphatic rings. The van der Waals surface area contributed by atoms with Crippen LogP contribution in [0.25, 0.3) is 0 Å². The lowest BCUT2D eigenvalue weighted by molar-refractivity contribution is -0.0544. The van der Waals surface area contributed by atoms with E-state index in [0.717, 1.165) is 48.2 Å². The first-order chi connectivity index (χ1) is 10.2. The lowest BCUT2D eigenvalue weighted by Crippen LogP contribution is -2.45. The Bertz CT molecular complexity index is 537. The van der Waals surface area contributed by atoms with E-state index in [9.17, 15) is 5.11 Å². The monoisotopic (exact) mass is 288 g/mol. The quantitative estimate of drug-likeness (QED) is 0.898. The van der Waals surface area contributed by atoms with Gasteiger partial charge < -0.3 is 14.6 Å². The molecule has 2 unspecified atom stereocenters. The van der Waals surface area contributed by atoms with E-state index >= 15 is 0 Å². The summed E-state index contributed by atoms with van der Waals surface area (Å²) in [6.45, 7) is 0. The van der Waals surface area contributed by atoms with Gasteiger partial charge in [-0.1, -0.05) is 0 Å². The molecule has 0 amide bonds. The third-order valence-corrected chi connectivity index (χ3v) is 5.60. The third kappa shape index (κ3) is 2.42. The number of ether oxygens (including phenoxy) is 2. The maximum absolute atomic E-state index is 10.6. The van der Waals surface area contributed by atoms with Gasteiger partial charge in [-0.15, -0.1) is 0 Å². The highest BCUT2D eigenvalue weighted by Gasteiger charge is 2.47. The number of rotatable bonds is 2. The SMILES string of the molecule is COc1ccc2c(c1)[C@H](O)CC1(CCCC(C3CC3)C1)O2. The van der Waals surface area contributed by atoms with Crippen molar-refractivity contribution in [1.82, 2.24) is 0 Å². The molecule has 2 aliphatic carbocycles. The van der Waals surface area contributed by atoms with Gasteiger partial charge in [0.25, 0.3) is 0 Å². The van der Waals surface area contributed by atoms with E-state index in [0.29, 0.717) is 0 Å². The van der Waals surface area contributed by atoms with Gasteiger partial charge in [0.05, 0.1) is 13.2 Å². The molecule has 3 atom stereocenters. The second-order valence-corrected chi connectivity index (χ2v) is 7.10. The van der Waals surface area contributed by atoms with Crippen molar-refractivity contribution in [1.29, 1.82) is 0 Å². The zero-order valence-electron chi connectivity index (χ0n) is 12.7. The molecule has 0 saturated heterocycles. The van der Waals surface area contributed by atoms with E-state index < -0.39 is 6.10 Å². The van der Waals surface area contributed by atoms with Crippen LogP contribution in [0.3, 0.4) is 0 Å². The molecule has 3 heteroatoms. The lowest BCUT2D eigenvalue weighted by atomic mass is 9.72. The molecule has 1 aromatic carbocycles. The Hall–Kier alpha value is -1.22. The van der Waals surface area contributed by atoms with Gasteiger partial charge in [-0.2, -0.15) is 0 Å². The summed E-state index contributed by atoms with van der Waals surface area (Å²) in [7, 11) is 1.65. The molecule has 1 heterocycles. The average Bonchev–Trinajstić information content (AvgIpc) is 3.32. The number of aliphatic hydroxyl groups is 1. The highest BCUT2D eigenvalue weighted by molar-refractivity contribution is 5.43. The molecule has 1 N–H and O–H groups in total. The summed E-state index contributed by atoms with van der Waals surface area (Å²) in [4.78, 5) is 0. The van der Waals surface area contributed by atoms with Crippen LogP contribution in [0.4, 0.5) is 0 Å². The van der Waals surface area contributed by atoms with Crippen LogP contribution in [-0.4, -0.2) is 17.8 Å². The fourth-order valence-electron chi connectivity index (χ4n) is 4.36. The zero-order valence-corrected chi connectivity index (χ0v) is 12.7. The Morgan fingerprint density at radius 1 is 1.19 bits per heavy atom. The molecular weight excluding hydrogens is 264 g/mol. The van der Waals surface area contributed by atoms with Crippen LogP contribution in [0.2, 0.25) is 0 Å². The van der Waals surface area contributed by atoms with E-state index in [-0.39, 0.29) is 5.60 Å². The smallest absolute Gasteiger partial charge is 0.126 e. The van der Waals surface area contributed by atoms with Crippen molar-refractivity contribution in [2.45, 2.75) is 56.7 Å². The first-order valence-corrected chi connectivity index (χ1v) is 8.24. The van der Waals surface area contributed by atoms with Crippen molar-refractivity contribution in [2.75, 3.05) is 7.11 Å².